The number of ether oxygens (including phenoxy) is 1. The number of anilines is 1. The highest BCUT2D eigenvalue weighted by Crippen LogP contribution is 2.12. The largest absolute Gasteiger partial charge is 0.445 e. The van der Waals surface area contributed by atoms with Crippen LogP contribution in [0.25, 0.3) is 0 Å². The monoisotopic (exact) mass is 512 g/mol. The lowest BCUT2D eigenvalue weighted by Gasteiger charge is -2.22. The first-order valence-corrected chi connectivity index (χ1v) is 12.1. The first-order chi connectivity index (χ1) is 17.7. The SMILES string of the molecule is CC(C)[C@H](N)C(=O)N[C@@H](CCCNC(N)=O)C(=O)Nc1ccc(COC(=O)NCc2ccccc2)cc1. The standard InChI is InChI=1S/C26H36N6O5/c1-17(2)22(27)24(34)32-21(9-6-14-29-25(28)35)23(33)31-20-12-10-19(11-13-20)16-37-26(36)30-15-18-7-4-3-5-8-18/h3-5,7-8,10-13,17,21-22H,6,9,14-16,27H2,1-2H3,(H,30,36)(H,31,33)(H,32,34)(H3,28,29,35)/t21-,22-/m0/s1. The summed E-state index contributed by atoms with van der Waals surface area (Å²) in [4.78, 5) is 48.2. The molecule has 0 aromatic heterocycles. The van der Waals surface area contributed by atoms with E-state index in [0.717, 1.165) is 11.1 Å². The molecule has 0 radical (unpaired) electrons. The van der Waals surface area contributed by atoms with Gasteiger partial charge >= 0.3 is 12.1 Å². The van der Waals surface area contributed by atoms with E-state index in [9.17, 15) is 19.2 Å². The molecule has 0 aliphatic rings. The maximum Gasteiger partial charge on any atom is 0.407 e. The third-order valence-electron chi connectivity index (χ3n) is 5.49. The molecule has 0 saturated carbocycles. The van der Waals surface area contributed by atoms with Gasteiger partial charge in [0.05, 0.1) is 6.04 Å². The molecular weight excluding hydrogens is 476 g/mol. The van der Waals surface area contributed by atoms with Gasteiger partial charge in [-0.1, -0.05) is 56.3 Å². The topological polar surface area (TPSA) is 178 Å². The molecule has 11 heteroatoms. The molecule has 8 N–H and O–H groups in total. The lowest BCUT2D eigenvalue weighted by atomic mass is 10.0. The Morgan fingerprint density at radius 1 is 0.892 bits per heavy atom. The summed E-state index contributed by atoms with van der Waals surface area (Å²) in [5, 5.41) is 10.6. The second-order valence-corrected chi connectivity index (χ2v) is 8.87. The maximum absolute atomic E-state index is 12.9. The Bertz CT molecular complexity index is 1030. The van der Waals surface area contributed by atoms with Crippen LogP contribution in [0, 0.1) is 5.92 Å². The van der Waals surface area contributed by atoms with Gasteiger partial charge in [0, 0.05) is 18.8 Å². The average Bonchev–Trinajstić information content (AvgIpc) is 2.88. The molecule has 11 nitrogen and oxygen atoms in total. The van der Waals surface area contributed by atoms with Crippen molar-refractivity contribution in [1.29, 1.82) is 0 Å². The van der Waals surface area contributed by atoms with E-state index in [2.05, 4.69) is 21.3 Å². The van der Waals surface area contributed by atoms with Gasteiger partial charge in [-0.3, -0.25) is 9.59 Å². The molecule has 5 amide bonds. The van der Waals surface area contributed by atoms with E-state index >= 15 is 0 Å². The van der Waals surface area contributed by atoms with E-state index in [0.29, 0.717) is 18.7 Å². The molecule has 0 spiro atoms. The molecule has 0 unspecified atom stereocenters. The highest BCUT2D eigenvalue weighted by Gasteiger charge is 2.25. The van der Waals surface area contributed by atoms with Gasteiger partial charge in [0.1, 0.15) is 12.6 Å². The number of nitrogens with one attached hydrogen (secondary N) is 4. The molecule has 2 aromatic rings. The number of carbonyl (C=O) groups is 4. The zero-order valence-electron chi connectivity index (χ0n) is 21.2. The second-order valence-electron chi connectivity index (χ2n) is 8.87. The van der Waals surface area contributed by atoms with Crippen molar-refractivity contribution in [3.8, 4) is 0 Å². The van der Waals surface area contributed by atoms with Crippen LogP contribution >= 0.6 is 0 Å². The normalized spacial score (nSPS) is 12.2. The van der Waals surface area contributed by atoms with Crippen molar-refractivity contribution < 1.29 is 23.9 Å². The highest BCUT2D eigenvalue weighted by molar-refractivity contribution is 5.97. The van der Waals surface area contributed by atoms with Crippen molar-refractivity contribution in [3.05, 3.63) is 65.7 Å². The molecule has 37 heavy (non-hydrogen) atoms. The summed E-state index contributed by atoms with van der Waals surface area (Å²) in [5.41, 5.74) is 13.2. The number of alkyl carbamates (subject to hydrolysis) is 1. The average molecular weight is 513 g/mol. The van der Waals surface area contributed by atoms with Crippen molar-refractivity contribution in [2.45, 2.75) is 51.9 Å². The fourth-order valence-electron chi connectivity index (χ4n) is 3.24. The Hall–Kier alpha value is -4.12. The van der Waals surface area contributed by atoms with E-state index in [1.165, 1.54) is 0 Å². The minimum Gasteiger partial charge on any atom is -0.445 e. The van der Waals surface area contributed by atoms with Crippen molar-refractivity contribution in [2.24, 2.45) is 17.4 Å². The number of nitrogens with two attached hydrogens (primary N) is 2. The summed E-state index contributed by atoms with van der Waals surface area (Å²) in [5.74, 6) is -0.959. The van der Waals surface area contributed by atoms with E-state index in [4.69, 9.17) is 16.2 Å². The maximum atomic E-state index is 12.9. The fraction of sp³-hybridized carbons (Fsp3) is 0.385. The molecule has 2 atom stereocenters. The molecule has 0 heterocycles. The first kappa shape index (κ1) is 29.1. The molecule has 2 rings (SSSR count). The molecule has 0 aliphatic heterocycles. The number of primary amides is 1. The van der Waals surface area contributed by atoms with Gasteiger partial charge in [-0.25, -0.2) is 9.59 Å². The van der Waals surface area contributed by atoms with Gasteiger partial charge in [0.25, 0.3) is 0 Å². The van der Waals surface area contributed by atoms with Gasteiger partial charge < -0.3 is 37.5 Å². The lowest BCUT2D eigenvalue weighted by Crippen LogP contribution is -2.51. The molecule has 0 fully saturated rings. The summed E-state index contributed by atoms with van der Waals surface area (Å²) in [6.07, 6.45) is 0.151. The first-order valence-electron chi connectivity index (χ1n) is 12.1. The van der Waals surface area contributed by atoms with Crippen LogP contribution in [0.2, 0.25) is 0 Å². The lowest BCUT2D eigenvalue weighted by molar-refractivity contribution is -0.128. The molecule has 0 aliphatic carbocycles. The molecule has 2 aromatic carbocycles. The van der Waals surface area contributed by atoms with E-state index in [-0.39, 0.29) is 25.5 Å². The number of amides is 5. The van der Waals surface area contributed by atoms with Gasteiger partial charge in [-0.05, 0) is 42.0 Å². The van der Waals surface area contributed by atoms with Crippen LogP contribution < -0.4 is 32.7 Å². The summed E-state index contributed by atoms with van der Waals surface area (Å²) in [6.45, 7) is 4.32. The number of urea groups is 1. The minimum atomic E-state index is -0.858. The van der Waals surface area contributed by atoms with Crippen molar-refractivity contribution in [1.82, 2.24) is 16.0 Å². The van der Waals surface area contributed by atoms with Crippen LogP contribution in [0.3, 0.4) is 0 Å². The van der Waals surface area contributed by atoms with E-state index < -0.39 is 36.0 Å². The highest BCUT2D eigenvalue weighted by atomic mass is 16.5. The number of rotatable bonds is 13. The molecule has 0 bridgehead atoms. The van der Waals surface area contributed by atoms with Crippen molar-refractivity contribution in [3.63, 3.8) is 0 Å². The second kappa shape index (κ2) is 15.1. The predicted molar refractivity (Wildman–Crippen MR) is 140 cm³/mol. The summed E-state index contributed by atoms with van der Waals surface area (Å²) in [6, 6.07) is 14.0. The van der Waals surface area contributed by atoms with Gasteiger partial charge in [-0.15, -0.1) is 0 Å². The van der Waals surface area contributed by atoms with Crippen LogP contribution in [-0.2, 0) is 27.5 Å². The van der Waals surface area contributed by atoms with Crippen LogP contribution in [0.15, 0.2) is 54.6 Å². The van der Waals surface area contributed by atoms with E-state index in [1.54, 1.807) is 24.3 Å². The number of benzene rings is 2. The Labute approximate surface area is 216 Å². The number of hydrogen-bond donors (Lipinski definition) is 6. The van der Waals surface area contributed by atoms with Crippen molar-refractivity contribution >= 4 is 29.6 Å². The Kier molecular flexibility index (Phi) is 11.9. The smallest absolute Gasteiger partial charge is 0.407 e. The third-order valence-corrected chi connectivity index (χ3v) is 5.49. The summed E-state index contributed by atoms with van der Waals surface area (Å²) in [7, 11) is 0. The van der Waals surface area contributed by atoms with Crippen molar-refractivity contribution in [2.75, 3.05) is 11.9 Å². The quantitative estimate of drug-likeness (QED) is 0.223. The predicted octanol–water partition coefficient (Wildman–Crippen LogP) is 1.97. The van der Waals surface area contributed by atoms with Gasteiger partial charge in [-0.2, -0.15) is 0 Å². The van der Waals surface area contributed by atoms with Gasteiger partial charge in [0.15, 0.2) is 0 Å². The number of carbonyl (C=O) groups excluding carboxylic acids is 4. The molecule has 0 saturated heterocycles. The Morgan fingerprint density at radius 3 is 2.19 bits per heavy atom. The number of hydrogen-bond acceptors (Lipinski definition) is 6. The third kappa shape index (κ3) is 11.0. The van der Waals surface area contributed by atoms with E-state index in [1.807, 2.05) is 44.2 Å². The van der Waals surface area contributed by atoms with Gasteiger partial charge in [0.2, 0.25) is 11.8 Å². The Morgan fingerprint density at radius 2 is 1.57 bits per heavy atom. The van der Waals surface area contributed by atoms with Crippen LogP contribution in [0.1, 0.15) is 37.8 Å². The zero-order valence-corrected chi connectivity index (χ0v) is 21.2. The molecule has 200 valence electrons. The minimum absolute atomic E-state index is 0.0630. The zero-order chi connectivity index (χ0) is 27.2. The summed E-state index contributed by atoms with van der Waals surface area (Å²) >= 11 is 0. The van der Waals surface area contributed by atoms with Crippen LogP contribution in [-0.4, -0.2) is 42.6 Å². The Balaban J connectivity index is 1.88. The molecular formula is C26H36N6O5. The van der Waals surface area contributed by atoms with Crippen LogP contribution in [0.4, 0.5) is 15.3 Å². The van der Waals surface area contributed by atoms with Crippen LogP contribution in [0.5, 0.6) is 0 Å². The summed E-state index contributed by atoms with van der Waals surface area (Å²) < 4.78 is 5.23. The fourth-order valence-corrected chi connectivity index (χ4v) is 3.24.